The van der Waals surface area contributed by atoms with E-state index in [9.17, 15) is 9.59 Å². The van der Waals surface area contributed by atoms with Crippen molar-refractivity contribution in [2.75, 3.05) is 0 Å². The summed E-state index contributed by atoms with van der Waals surface area (Å²) in [6, 6.07) is 16.2. The Morgan fingerprint density at radius 3 is 2.63 bits per heavy atom. The second-order valence-electron chi connectivity index (χ2n) is 5.69. The van der Waals surface area contributed by atoms with E-state index >= 15 is 0 Å². The van der Waals surface area contributed by atoms with Crippen molar-refractivity contribution >= 4 is 35.1 Å². The Kier molecular flexibility index (Phi) is 4.31. The first-order valence-corrected chi connectivity index (χ1v) is 8.48. The van der Waals surface area contributed by atoms with Gasteiger partial charge in [0.15, 0.2) is 5.82 Å². The number of para-hydroxylation sites is 1. The molecular formula is C19H13N5O2S. The van der Waals surface area contributed by atoms with Gasteiger partial charge in [-0.3, -0.25) is 14.7 Å². The average molecular weight is 375 g/mol. The number of aromatic amines is 2. The summed E-state index contributed by atoms with van der Waals surface area (Å²) < 4.78 is 1.48. The first-order valence-electron chi connectivity index (χ1n) is 8.08. The number of allylic oxidation sites excluding steroid dienone is 1. The van der Waals surface area contributed by atoms with Crippen LogP contribution < -0.4 is 5.56 Å². The molecule has 4 rings (SSSR count). The smallest absolute Gasteiger partial charge is 0.259 e. The number of hydrogen-bond donors (Lipinski definition) is 2. The molecule has 0 amide bonds. The molecule has 0 saturated carbocycles. The highest BCUT2D eigenvalue weighted by Crippen LogP contribution is 2.16. The van der Waals surface area contributed by atoms with Crippen molar-refractivity contribution in [3.05, 3.63) is 81.6 Å². The highest BCUT2D eigenvalue weighted by molar-refractivity contribution is 7.71. The second kappa shape index (κ2) is 6.93. The molecular weight excluding hydrogens is 362 g/mol. The van der Waals surface area contributed by atoms with E-state index in [0.29, 0.717) is 16.7 Å². The van der Waals surface area contributed by atoms with Crippen molar-refractivity contribution < 1.29 is 4.79 Å². The Labute approximate surface area is 158 Å². The van der Waals surface area contributed by atoms with Crippen LogP contribution >= 0.6 is 12.2 Å². The number of H-pyrrole nitrogens is 2. The molecule has 0 aliphatic heterocycles. The number of nitrogens with zero attached hydrogens (tertiary/aromatic N) is 3. The third-order valence-electron chi connectivity index (χ3n) is 3.94. The predicted octanol–water partition coefficient (Wildman–Crippen LogP) is 3.20. The summed E-state index contributed by atoms with van der Waals surface area (Å²) in [6.07, 6.45) is 2.74. The van der Waals surface area contributed by atoms with Crippen LogP contribution in [0, 0.1) is 4.77 Å². The number of carbonyl (C=O) groups is 1. The van der Waals surface area contributed by atoms with Gasteiger partial charge in [0, 0.05) is 11.6 Å². The number of hydrogen-bond acceptors (Lipinski definition) is 5. The summed E-state index contributed by atoms with van der Waals surface area (Å²) in [5.41, 5.74) is 1.04. The van der Waals surface area contributed by atoms with Crippen molar-refractivity contribution in [2.24, 2.45) is 0 Å². The normalized spacial score (nSPS) is 11.3. The molecule has 2 N–H and O–H groups in total. The molecule has 0 radical (unpaired) electrons. The number of nitrogens with one attached hydrogen (secondary N) is 2. The molecule has 2 heterocycles. The standard InChI is InChI=1S/C19H13N5O2S/c25-16(24-17(22-23-19(24)27)12-6-2-1-3-7-12)11-10-15-20-14-9-5-4-8-13(14)18(26)21-15/h1-11H,(H,23,27)(H,20,21,26)/b11-10-. The molecule has 0 spiro atoms. The van der Waals surface area contributed by atoms with Gasteiger partial charge in [-0.1, -0.05) is 42.5 Å². The summed E-state index contributed by atoms with van der Waals surface area (Å²) in [6.45, 7) is 0. The van der Waals surface area contributed by atoms with E-state index in [4.69, 9.17) is 12.2 Å². The Hall–Kier alpha value is -3.65. The number of aromatic nitrogens is 5. The number of benzene rings is 2. The van der Waals surface area contributed by atoms with Gasteiger partial charge in [-0.15, -0.1) is 0 Å². The molecule has 0 atom stereocenters. The number of rotatable bonds is 3. The fourth-order valence-corrected chi connectivity index (χ4v) is 2.91. The Balaban J connectivity index is 1.71. The minimum absolute atomic E-state index is 0.184. The lowest BCUT2D eigenvalue weighted by Gasteiger charge is -2.02. The summed E-state index contributed by atoms with van der Waals surface area (Å²) in [4.78, 5) is 31.8. The third kappa shape index (κ3) is 3.25. The van der Waals surface area contributed by atoms with E-state index in [2.05, 4.69) is 20.2 Å². The van der Waals surface area contributed by atoms with Gasteiger partial charge in [0.05, 0.1) is 10.9 Å². The monoisotopic (exact) mass is 375 g/mol. The van der Waals surface area contributed by atoms with Gasteiger partial charge in [0.1, 0.15) is 5.82 Å². The molecule has 2 aromatic heterocycles. The van der Waals surface area contributed by atoms with Crippen LogP contribution in [-0.4, -0.2) is 30.6 Å². The maximum atomic E-state index is 12.7. The van der Waals surface area contributed by atoms with Gasteiger partial charge in [-0.2, -0.15) is 5.10 Å². The molecule has 0 unspecified atom stereocenters. The van der Waals surface area contributed by atoms with Crippen LogP contribution in [0.5, 0.6) is 0 Å². The quantitative estimate of drug-likeness (QED) is 0.423. The van der Waals surface area contributed by atoms with Crippen LogP contribution in [0.1, 0.15) is 10.6 Å². The number of fused-ring (bicyclic) bond motifs is 1. The van der Waals surface area contributed by atoms with Gasteiger partial charge in [-0.05, 0) is 30.4 Å². The van der Waals surface area contributed by atoms with Crippen molar-refractivity contribution in [3.63, 3.8) is 0 Å². The van der Waals surface area contributed by atoms with Crippen LogP contribution in [0.3, 0.4) is 0 Å². The summed E-state index contributed by atoms with van der Waals surface area (Å²) in [7, 11) is 0. The predicted molar refractivity (Wildman–Crippen MR) is 105 cm³/mol. The molecule has 0 saturated heterocycles. The van der Waals surface area contributed by atoms with Gasteiger partial charge in [0.25, 0.3) is 11.5 Å². The van der Waals surface area contributed by atoms with Gasteiger partial charge in [-0.25, -0.2) is 9.55 Å². The Morgan fingerprint density at radius 2 is 1.81 bits per heavy atom. The fourth-order valence-electron chi connectivity index (χ4n) is 2.69. The second-order valence-corrected chi connectivity index (χ2v) is 6.08. The molecule has 0 aliphatic rings. The minimum Gasteiger partial charge on any atom is -0.306 e. The van der Waals surface area contributed by atoms with Crippen molar-refractivity contribution in [1.82, 2.24) is 24.7 Å². The fraction of sp³-hybridized carbons (Fsp3) is 0. The summed E-state index contributed by atoms with van der Waals surface area (Å²) in [5.74, 6) is 0.293. The summed E-state index contributed by atoms with van der Waals surface area (Å²) >= 11 is 5.18. The topological polar surface area (TPSA) is 96.4 Å². The highest BCUT2D eigenvalue weighted by Gasteiger charge is 2.13. The van der Waals surface area contributed by atoms with E-state index in [1.807, 2.05) is 30.3 Å². The maximum absolute atomic E-state index is 12.7. The first-order chi connectivity index (χ1) is 13.1. The largest absolute Gasteiger partial charge is 0.306 e. The van der Waals surface area contributed by atoms with Gasteiger partial charge >= 0.3 is 0 Å². The molecule has 8 heteroatoms. The van der Waals surface area contributed by atoms with Crippen LogP contribution in [0.25, 0.3) is 28.4 Å². The molecule has 0 aliphatic carbocycles. The molecule has 7 nitrogen and oxygen atoms in total. The Bertz CT molecular complexity index is 1280. The molecule has 0 bridgehead atoms. The zero-order chi connectivity index (χ0) is 18.8. The van der Waals surface area contributed by atoms with Crippen LogP contribution in [-0.2, 0) is 0 Å². The van der Waals surface area contributed by atoms with E-state index in [0.717, 1.165) is 5.56 Å². The van der Waals surface area contributed by atoms with E-state index in [1.165, 1.54) is 16.7 Å². The lowest BCUT2D eigenvalue weighted by molar-refractivity contribution is 0.0969. The van der Waals surface area contributed by atoms with Crippen LogP contribution in [0.15, 0.2) is 65.5 Å². The van der Waals surface area contributed by atoms with Crippen molar-refractivity contribution in [1.29, 1.82) is 0 Å². The minimum atomic E-state index is -0.400. The highest BCUT2D eigenvalue weighted by atomic mass is 32.1. The van der Waals surface area contributed by atoms with Gasteiger partial charge in [0.2, 0.25) is 4.77 Å². The van der Waals surface area contributed by atoms with Gasteiger partial charge < -0.3 is 4.98 Å². The Morgan fingerprint density at radius 1 is 1.07 bits per heavy atom. The van der Waals surface area contributed by atoms with Crippen LogP contribution in [0.2, 0.25) is 0 Å². The molecule has 2 aromatic carbocycles. The first kappa shape index (κ1) is 16.8. The lowest BCUT2D eigenvalue weighted by atomic mass is 10.2. The van der Waals surface area contributed by atoms with E-state index in [1.54, 1.807) is 24.3 Å². The maximum Gasteiger partial charge on any atom is 0.259 e. The van der Waals surface area contributed by atoms with Crippen LogP contribution in [0.4, 0.5) is 0 Å². The lowest BCUT2D eigenvalue weighted by Crippen LogP contribution is -2.11. The zero-order valence-corrected chi connectivity index (χ0v) is 14.7. The molecule has 4 aromatic rings. The summed E-state index contributed by atoms with van der Waals surface area (Å²) in [5, 5.41) is 7.26. The number of carbonyl (C=O) groups excluding carboxylic acids is 1. The van der Waals surface area contributed by atoms with E-state index in [-0.39, 0.29) is 16.2 Å². The van der Waals surface area contributed by atoms with E-state index < -0.39 is 5.91 Å². The molecule has 27 heavy (non-hydrogen) atoms. The van der Waals surface area contributed by atoms with Crippen molar-refractivity contribution in [3.8, 4) is 11.4 Å². The molecule has 132 valence electrons. The zero-order valence-electron chi connectivity index (χ0n) is 13.9. The average Bonchev–Trinajstić information content (AvgIpc) is 3.08. The van der Waals surface area contributed by atoms with Crippen molar-refractivity contribution in [2.45, 2.75) is 0 Å². The SMILES string of the molecule is O=C(/C=C\c1nc2ccccc2c(=O)[nH]1)n1c(-c2ccccc2)n[nH]c1=S. The third-order valence-corrected chi connectivity index (χ3v) is 4.21. The molecule has 0 fully saturated rings.